The zero-order valence-corrected chi connectivity index (χ0v) is 15.8. The van der Waals surface area contributed by atoms with Crippen LogP contribution < -0.4 is 9.46 Å². The van der Waals surface area contributed by atoms with Gasteiger partial charge in [-0.3, -0.25) is 0 Å². The third-order valence-electron chi connectivity index (χ3n) is 3.80. The number of methoxy groups -OCH3 is 1. The van der Waals surface area contributed by atoms with Crippen LogP contribution in [-0.4, -0.2) is 27.2 Å². The SMILES string of the molecule is COc1cccc(S(=O)(=O)NCC(O)(c2ccsc2)c2cccs2)c1. The van der Waals surface area contributed by atoms with Gasteiger partial charge in [0.1, 0.15) is 11.4 Å². The largest absolute Gasteiger partial charge is 0.497 e. The summed E-state index contributed by atoms with van der Waals surface area (Å²) in [5.41, 5.74) is -0.756. The van der Waals surface area contributed by atoms with E-state index in [2.05, 4.69) is 4.72 Å². The molecule has 8 heteroatoms. The van der Waals surface area contributed by atoms with Crippen LogP contribution in [0, 0.1) is 0 Å². The number of sulfonamides is 1. The monoisotopic (exact) mass is 395 g/mol. The van der Waals surface area contributed by atoms with Crippen LogP contribution in [-0.2, 0) is 15.6 Å². The Morgan fingerprint density at radius 1 is 1.20 bits per heavy atom. The molecule has 0 radical (unpaired) electrons. The van der Waals surface area contributed by atoms with Gasteiger partial charge in [0.25, 0.3) is 0 Å². The first-order valence-corrected chi connectivity index (χ1v) is 10.7. The molecule has 0 saturated carbocycles. The van der Waals surface area contributed by atoms with Crippen molar-refractivity contribution in [2.45, 2.75) is 10.5 Å². The summed E-state index contributed by atoms with van der Waals surface area (Å²) >= 11 is 2.83. The summed E-state index contributed by atoms with van der Waals surface area (Å²) < 4.78 is 32.8. The van der Waals surface area contributed by atoms with Gasteiger partial charge in [-0.2, -0.15) is 11.3 Å². The molecule has 2 heterocycles. The van der Waals surface area contributed by atoms with E-state index in [1.165, 1.54) is 41.9 Å². The predicted octanol–water partition coefficient (Wildman–Crippen LogP) is 3.03. The van der Waals surface area contributed by atoms with Crippen molar-refractivity contribution < 1.29 is 18.3 Å². The normalized spacial score (nSPS) is 14.2. The molecular weight excluding hydrogens is 378 g/mol. The first-order chi connectivity index (χ1) is 12.0. The summed E-state index contributed by atoms with van der Waals surface area (Å²) in [5, 5.41) is 16.7. The van der Waals surface area contributed by atoms with E-state index >= 15 is 0 Å². The molecule has 0 fully saturated rings. The van der Waals surface area contributed by atoms with E-state index in [4.69, 9.17) is 4.74 Å². The third kappa shape index (κ3) is 3.78. The van der Waals surface area contributed by atoms with E-state index < -0.39 is 15.6 Å². The van der Waals surface area contributed by atoms with Crippen molar-refractivity contribution in [3.8, 4) is 5.75 Å². The molecule has 0 amide bonds. The van der Waals surface area contributed by atoms with Crippen LogP contribution in [0.15, 0.2) is 63.5 Å². The molecule has 0 aliphatic carbocycles. The van der Waals surface area contributed by atoms with Gasteiger partial charge < -0.3 is 9.84 Å². The number of benzene rings is 1. The zero-order chi connectivity index (χ0) is 17.9. The maximum absolute atomic E-state index is 12.6. The molecule has 0 aliphatic heterocycles. The lowest BCUT2D eigenvalue weighted by Crippen LogP contribution is -2.40. The summed E-state index contributed by atoms with van der Waals surface area (Å²) in [6, 6.07) is 11.6. The van der Waals surface area contributed by atoms with Gasteiger partial charge in [0.15, 0.2) is 0 Å². The number of ether oxygens (including phenoxy) is 1. The Kier molecular flexibility index (Phi) is 5.26. The highest BCUT2D eigenvalue weighted by molar-refractivity contribution is 7.89. The highest BCUT2D eigenvalue weighted by Crippen LogP contribution is 2.34. The molecule has 1 atom stereocenters. The molecule has 0 aliphatic rings. The second-order valence-corrected chi connectivity index (χ2v) is 8.85. The summed E-state index contributed by atoms with van der Waals surface area (Å²) in [4.78, 5) is 0.768. The fourth-order valence-electron chi connectivity index (χ4n) is 2.40. The quantitative estimate of drug-likeness (QED) is 0.645. The Labute approximate surface area is 154 Å². The van der Waals surface area contributed by atoms with Crippen LogP contribution in [0.5, 0.6) is 5.75 Å². The Morgan fingerprint density at radius 2 is 2.04 bits per heavy atom. The first-order valence-electron chi connectivity index (χ1n) is 7.38. The molecule has 3 aromatic rings. The molecule has 1 aromatic carbocycles. The lowest BCUT2D eigenvalue weighted by molar-refractivity contribution is 0.0903. The molecule has 132 valence electrons. The molecule has 2 aromatic heterocycles. The maximum atomic E-state index is 12.6. The van der Waals surface area contributed by atoms with Gasteiger partial charge in [-0.1, -0.05) is 12.1 Å². The van der Waals surface area contributed by atoms with Crippen molar-refractivity contribution in [2.24, 2.45) is 0 Å². The van der Waals surface area contributed by atoms with Crippen molar-refractivity contribution in [1.82, 2.24) is 4.72 Å². The van der Waals surface area contributed by atoms with E-state index in [0.29, 0.717) is 16.2 Å². The lowest BCUT2D eigenvalue weighted by Gasteiger charge is -2.27. The van der Waals surface area contributed by atoms with Gasteiger partial charge in [0.05, 0.1) is 12.0 Å². The maximum Gasteiger partial charge on any atom is 0.240 e. The Bertz CT molecular complexity index is 884. The van der Waals surface area contributed by atoms with Gasteiger partial charge >= 0.3 is 0 Å². The predicted molar refractivity (Wildman–Crippen MR) is 99.8 cm³/mol. The van der Waals surface area contributed by atoms with Crippen LogP contribution >= 0.6 is 22.7 Å². The third-order valence-corrected chi connectivity index (χ3v) is 6.90. The highest BCUT2D eigenvalue weighted by atomic mass is 32.2. The minimum atomic E-state index is -3.79. The van der Waals surface area contributed by atoms with Crippen LogP contribution in [0.4, 0.5) is 0 Å². The van der Waals surface area contributed by atoms with Crippen LogP contribution in [0.1, 0.15) is 10.4 Å². The van der Waals surface area contributed by atoms with E-state index in [-0.39, 0.29) is 11.4 Å². The van der Waals surface area contributed by atoms with Gasteiger partial charge in [0.2, 0.25) is 10.0 Å². The highest BCUT2D eigenvalue weighted by Gasteiger charge is 2.34. The number of nitrogens with one attached hydrogen (secondary N) is 1. The molecule has 2 N–H and O–H groups in total. The van der Waals surface area contributed by atoms with Gasteiger partial charge in [-0.05, 0) is 40.4 Å². The second-order valence-electron chi connectivity index (χ2n) is 5.35. The average Bonchev–Trinajstić information content (AvgIpc) is 3.33. The van der Waals surface area contributed by atoms with Gasteiger partial charge in [-0.15, -0.1) is 11.3 Å². The minimum Gasteiger partial charge on any atom is -0.497 e. The summed E-state index contributed by atoms with van der Waals surface area (Å²) in [6.45, 7) is -0.163. The molecule has 0 saturated heterocycles. The van der Waals surface area contributed by atoms with Crippen LogP contribution in [0.2, 0.25) is 0 Å². The Balaban J connectivity index is 1.89. The van der Waals surface area contributed by atoms with Crippen LogP contribution in [0.3, 0.4) is 0 Å². The summed E-state index contributed by atoms with van der Waals surface area (Å²) in [7, 11) is -2.31. The van der Waals surface area contributed by atoms with Crippen molar-refractivity contribution in [3.05, 3.63) is 69.0 Å². The topological polar surface area (TPSA) is 75.6 Å². The molecule has 0 bridgehead atoms. The fourth-order valence-corrected chi connectivity index (χ4v) is 5.06. The van der Waals surface area contributed by atoms with Crippen molar-refractivity contribution in [1.29, 1.82) is 0 Å². The van der Waals surface area contributed by atoms with E-state index in [1.807, 2.05) is 22.2 Å². The number of thiophene rings is 2. The molecular formula is C17H17NO4S3. The summed E-state index contributed by atoms with van der Waals surface area (Å²) in [6.07, 6.45) is 0. The minimum absolute atomic E-state index is 0.0886. The summed E-state index contributed by atoms with van der Waals surface area (Å²) in [5.74, 6) is 0.453. The Morgan fingerprint density at radius 3 is 2.68 bits per heavy atom. The fraction of sp³-hybridized carbons (Fsp3) is 0.176. The van der Waals surface area contributed by atoms with Crippen molar-refractivity contribution >= 4 is 32.7 Å². The molecule has 5 nitrogen and oxygen atoms in total. The molecule has 0 spiro atoms. The van der Waals surface area contributed by atoms with Crippen molar-refractivity contribution in [3.63, 3.8) is 0 Å². The van der Waals surface area contributed by atoms with E-state index in [1.54, 1.807) is 24.3 Å². The number of aliphatic hydroxyl groups is 1. The van der Waals surface area contributed by atoms with Crippen LogP contribution in [0.25, 0.3) is 0 Å². The van der Waals surface area contributed by atoms with Crippen molar-refractivity contribution in [2.75, 3.05) is 13.7 Å². The smallest absolute Gasteiger partial charge is 0.240 e. The van der Waals surface area contributed by atoms with Gasteiger partial charge in [-0.25, -0.2) is 13.1 Å². The first kappa shape index (κ1) is 18.1. The zero-order valence-electron chi connectivity index (χ0n) is 13.4. The standard InChI is InChI=1S/C17H17NO4S3/c1-22-14-4-2-5-15(10-14)25(20,21)18-12-17(19,13-7-9-23-11-13)16-6-3-8-24-16/h2-11,18-19H,12H2,1H3. The molecule has 25 heavy (non-hydrogen) atoms. The number of hydrogen-bond donors (Lipinski definition) is 2. The van der Waals surface area contributed by atoms with Gasteiger partial charge in [0, 0.05) is 23.1 Å². The van der Waals surface area contributed by atoms with E-state index in [9.17, 15) is 13.5 Å². The molecule has 3 rings (SSSR count). The number of rotatable bonds is 7. The van der Waals surface area contributed by atoms with E-state index in [0.717, 1.165) is 0 Å². The average molecular weight is 396 g/mol. The molecule has 1 unspecified atom stereocenters. The second kappa shape index (κ2) is 7.27. The number of hydrogen-bond acceptors (Lipinski definition) is 6. The lowest BCUT2D eigenvalue weighted by atomic mass is 9.95. The Hall–Kier alpha value is -1.71.